The Balaban J connectivity index is 1.79. The molecule has 0 heterocycles. The van der Waals surface area contributed by atoms with E-state index < -0.39 is 11.4 Å². The molecule has 0 atom stereocenters. The number of hydrogen-bond donors (Lipinski definition) is 1. The van der Waals surface area contributed by atoms with E-state index in [1.54, 1.807) is 13.2 Å². The molecule has 6 nitrogen and oxygen atoms in total. The van der Waals surface area contributed by atoms with Crippen molar-refractivity contribution in [3.63, 3.8) is 0 Å². The molecule has 2 aliphatic rings. The number of ketones is 1. The number of aliphatic carboxylic acids is 1. The van der Waals surface area contributed by atoms with Gasteiger partial charge < -0.3 is 19.3 Å². The maximum Gasteiger partial charge on any atom is 0.313 e. The molecule has 158 valence electrons. The Hall–Kier alpha value is -3.02. The first-order valence-corrected chi connectivity index (χ1v) is 10.2. The van der Waals surface area contributed by atoms with Crippen LogP contribution in [0.5, 0.6) is 17.2 Å². The normalized spacial score (nSPS) is 22.2. The van der Waals surface area contributed by atoms with E-state index in [0.717, 1.165) is 22.3 Å². The number of methoxy groups -OCH3 is 2. The van der Waals surface area contributed by atoms with Crippen LogP contribution in [0.1, 0.15) is 42.1 Å². The molecule has 0 spiro atoms. The van der Waals surface area contributed by atoms with Crippen LogP contribution in [-0.2, 0) is 11.2 Å². The number of fused-ring (bicyclic) bond motifs is 1. The van der Waals surface area contributed by atoms with Crippen molar-refractivity contribution >= 4 is 11.8 Å². The zero-order valence-corrected chi connectivity index (χ0v) is 17.5. The van der Waals surface area contributed by atoms with Gasteiger partial charge in [0.15, 0.2) is 17.3 Å². The van der Waals surface area contributed by atoms with Gasteiger partial charge in [0.2, 0.25) is 5.75 Å². The van der Waals surface area contributed by atoms with Gasteiger partial charge in [-0.3, -0.25) is 9.59 Å². The smallest absolute Gasteiger partial charge is 0.313 e. The fourth-order valence-electron chi connectivity index (χ4n) is 4.84. The number of ether oxygens (including phenoxy) is 3. The second kappa shape index (κ2) is 7.67. The van der Waals surface area contributed by atoms with Crippen molar-refractivity contribution < 1.29 is 28.9 Å². The fraction of sp³-hybridized carbons (Fsp3) is 0.417. The molecule has 0 unspecified atom stereocenters. The highest BCUT2D eigenvalue weighted by Crippen LogP contribution is 2.50. The first kappa shape index (κ1) is 20.3. The molecular formula is C24H26O6. The van der Waals surface area contributed by atoms with E-state index in [9.17, 15) is 14.7 Å². The molecule has 0 amide bonds. The standard InChI is InChI=1S/C24H26O6/c1-14-11-24(12-14,23(26)27)13-30-21-18(8-10-20(28-2)22(21)29-3)15-5-4-6-17-16(15)7-9-19(17)25/h4-6,8,10,14H,7,9,11-13H2,1-3H3,(H,26,27). The Kier molecular flexibility index (Phi) is 5.18. The predicted molar refractivity (Wildman–Crippen MR) is 112 cm³/mol. The molecule has 0 aromatic heterocycles. The lowest BCUT2D eigenvalue weighted by Crippen LogP contribution is -2.47. The Morgan fingerprint density at radius 2 is 1.77 bits per heavy atom. The molecule has 2 aromatic rings. The molecule has 0 saturated heterocycles. The lowest BCUT2D eigenvalue weighted by atomic mass is 9.63. The van der Waals surface area contributed by atoms with E-state index in [2.05, 4.69) is 0 Å². The number of rotatable bonds is 7. The van der Waals surface area contributed by atoms with Gasteiger partial charge in [-0.25, -0.2) is 0 Å². The number of carbonyl (C=O) groups excluding carboxylic acids is 1. The Morgan fingerprint density at radius 3 is 2.40 bits per heavy atom. The summed E-state index contributed by atoms with van der Waals surface area (Å²) >= 11 is 0. The van der Waals surface area contributed by atoms with E-state index in [0.29, 0.717) is 48.8 Å². The van der Waals surface area contributed by atoms with Crippen molar-refractivity contribution in [1.82, 2.24) is 0 Å². The van der Waals surface area contributed by atoms with Gasteiger partial charge in [0.25, 0.3) is 0 Å². The van der Waals surface area contributed by atoms with E-state index in [4.69, 9.17) is 14.2 Å². The quantitative estimate of drug-likeness (QED) is 0.730. The molecule has 2 aromatic carbocycles. The van der Waals surface area contributed by atoms with Crippen molar-refractivity contribution in [3.8, 4) is 28.4 Å². The summed E-state index contributed by atoms with van der Waals surface area (Å²) < 4.78 is 17.2. The number of hydrogen-bond acceptors (Lipinski definition) is 5. The highest BCUT2D eigenvalue weighted by Gasteiger charge is 2.49. The van der Waals surface area contributed by atoms with Gasteiger partial charge in [0.1, 0.15) is 12.0 Å². The molecule has 30 heavy (non-hydrogen) atoms. The molecular weight excluding hydrogens is 384 g/mol. The summed E-state index contributed by atoms with van der Waals surface area (Å²) in [7, 11) is 3.08. The first-order chi connectivity index (χ1) is 14.4. The number of benzene rings is 2. The molecule has 1 fully saturated rings. The largest absolute Gasteiger partial charge is 0.493 e. The lowest BCUT2D eigenvalue weighted by molar-refractivity contribution is -0.161. The molecule has 1 saturated carbocycles. The fourth-order valence-corrected chi connectivity index (χ4v) is 4.84. The summed E-state index contributed by atoms with van der Waals surface area (Å²) in [4.78, 5) is 24.1. The molecule has 2 aliphatic carbocycles. The number of carbonyl (C=O) groups is 2. The van der Waals surface area contributed by atoms with Gasteiger partial charge in [-0.2, -0.15) is 0 Å². The molecule has 6 heteroatoms. The molecule has 1 N–H and O–H groups in total. The number of Topliss-reactive ketones (excluding diaryl/α,β-unsaturated/α-hetero) is 1. The minimum Gasteiger partial charge on any atom is -0.493 e. The van der Waals surface area contributed by atoms with Crippen molar-refractivity contribution in [2.75, 3.05) is 20.8 Å². The lowest BCUT2D eigenvalue weighted by Gasteiger charge is -2.42. The number of carboxylic acids is 1. The Bertz CT molecular complexity index is 1000. The maximum atomic E-state index is 12.2. The summed E-state index contributed by atoms with van der Waals surface area (Å²) in [5.41, 5.74) is 2.51. The maximum absolute atomic E-state index is 12.2. The van der Waals surface area contributed by atoms with Crippen molar-refractivity contribution in [2.45, 2.75) is 32.6 Å². The van der Waals surface area contributed by atoms with Crippen LogP contribution in [0.25, 0.3) is 11.1 Å². The third-order valence-electron chi connectivity index (χ3n) is 6.29. The van der Waals surface area contributed by atoms with E-state index >= 15 is 0 Å². The van der Waals surface area contributed by atoms with Gasteiger partial charge in [0.05, 0.1) is 14.2 Å². The van der Waals surface area contributed by atoms with Crippen molar-refractivity contribution in [3.05, 3.63) is 41.5 Å². The summed E-state index contributed by atoms with van der Waals surface area (Å²) in [6, 6.07) is 9.36. The van der Waals surface area contributed by atoms with Crippen LogP contribution in [-0.4, -0.2) is 37.7 Å². The van der Waals surface area contributed by atoms with Gasteiger partial charge in [-0.1, -0.05) is 25.1 Å². The van der Waals surface area contributed by atoms with Crippen LogP contribution >= 0.6 is 0 Å². The SMILES string of the molecule is COc1ccc(-c2cccc3c2CCC3=O)c(OCC2(C(=O)O)CC(C)C2)c1OC. The van der Waals surface area contributed by atoms with E-state index in [-0.39, 0.29) is 12.4 Å². The minimum atomic E-state index is -0.890. The van der Waals surface area contributed by atoms with Crippen LogP contribution in [0.2, 0.25) is 0 Å². The van der Waals surface area contributed by atoms with E-state index in [1.165, 1.54) is 7.11 Å². The van der Waals surface area contributed by atoms with E-state index in [1.807, 2.05) is 31.2 Å². The first-order valence-electron chi connectivity index (χ1n) is 10.2. The van der Waals surface area contributed by atoms with Crippen LogP contribution in [0.15, 0.2) is 30.3 Å². The summed E-state index contributed by atoms with van der Waals surface area (Å²) in [5.74, 6) is 1.04. The third kappa shape index (κ3) is 3.20. The van der Waals surface area contributed by atoms with Crippen molar-refractivity contribution in [2.24, 2.45) is 11.3 Å². The third-order valence-corrected chi connectivity index (χ3v) is 6.29. The van der Waals surface area contributed by atoms with Gasteiger partial charge in [0, 0.05) is 17.5 Å². The average molecular weight is 410 g/mol. The monoisotopic (exact) mass is 410 g/mol. The van der Waals surface area contributed by atoms with Gasteiger partial charge >= 0.3 is 5.97 Å². The minimum absolute atomic E-state index is 0.0527. The van der Waals surface area contributed by atoms with Crippen LogP contribution in [0.3, 0.4) is 0 Å². The summed E-state index contributed by atoms with van der Waals surface area (Å²) in [6.07, 6.45) is 2.34. The highest BCUT2D eigenvalue weighted by molar-refractivity contribution is 6.02. The Labute approximate surface area is 175 Å². The van der Waals surface area contributed by atoms with Crippen LogP contribution in [0, 0.1) is 11.3 Å². The summed E-state index contributed by atoms with van der Waals surface area (Å²) in [6.45, 7) is 2.10. The number of carboxylic acid groups (broad SMARTS) is 1. The summed E-state index contributed by atoms with van der Waals surface area (Å²) in [5, 5.41) is 9.78. The highest BCUT2D eigenvalue weighted by atomic mass is 16.5. The zero-order chi connectivity index (χ0) is 21.5. The zero-order valence-electron chi connectivity index (χ0n) is 17.5. The molecule has 0 bridgehead atoms. The molecule has 0 aliphatic heterocycles. The second-order valence-corrected chi connectivity index (χ2v) is 8.32. The van der Waals surface area contributed by atoms with Crippen LogP contribution < -0.4 is 14.2 Å². The average Bonchev–Trinajstić information content (AvgIpc) is 3.10. The van der Waals surface area contributed by atoms with Gasteiger partial charge in [-0.15, -0.1) is 0 Å². The molecule has 4 rings (SSSR count). The second-order valence-electron chi connectivity index (χ2n) is 8.32. The van der Waals surface area contributed by atoms with Crippen LogP contribution in [0.4, 0.5) is 0 Å². The Morgan fingerprint density at radius 1 is 1.03 bits per heavy atom. The topological polar surface area (TPSA) is 82.1 Å². The predicted octanol–water partition coefficient (Wildman–Crippen LogP) is 4.38. The van der Waals surface area contributed by atoms with Gasteiger partial charge in [-0.05, 0) is 48.4 Å². The van der Waals surface area contributed by atoms with Crippen molar-refractivity contribution in [1.29, 1.82) is 0 Å². The molecule has 0 radical (unpaired) electrons.